The van der Waals surface area contributed by atoms with Crippen LogP contribution in [0, 0.1) is 6.92 Å². The molecule has 0 bridgehead atoms. The number of rotatable bonds is 4. The van der Waals surface area contributed by atoms with Crippen LogP contribution in [0.25, 0.3) is 11.3 Å². The summed E-state index contributed by atoms with van der Waals surface area (Å²) in [5.41, 5.74) is 9.66. The van der Waals surface area contributed by atoms with E-state index < -0.39 is 5.91 Å². The summed E-state index contributed by atoms with van der Waals surface area (Å²) in [5.74, 6) is -0.412. The number of ether oxygens (including phenoxy) is 1. The van der Waals surface area contributed by atoms with E-state index in [-0.39, 0.29) is 0 Å². The van der Waals surface area contributed by atoms with E-state index in [1.54, 1.807) is 0 Å². The van der Waals surface area contributed by atoms with Crippen LogP contribution in [0.5, 0.6) is 0 Å². The van der Waals surface area contributed by atoms with Gasteiger partial charge in [-0.1, -0.05) is 18.2 Å². The lowest BCUT2D eigenvalue weighted by atomic mass is 10.1. The lowest BCUT2D eigenvalue weighted by Gasteiger charge is -2.15. The first-order valence-electron chi connectivity index (χ1n) is 7.08. The van der Waals surface area contributed by atoms with Crippen molar-refractivity contribution in [3.05, 3.63) is 41.6 Å². The molecule has 5 heteroatoms. The SMILES string of the molecule is Cc1[nH]c(-c2ccccc2N[C@H]2CCOC2)cc1C(N)=O. The van der Waals surface area contributed by atoms with Crippen molar-refractivity contribution < 1.29 is 9.53 Å². The van der Waals surface area contributed by atoms with Gasteiger partial charge in [0.05, 0.1) is 18.2 Å². The van der Waals surface area contributed by atoms with Gasteiger partial charge >= 0.3 is 0 Å². The molecule has 4 N–H and O–H groups in total. The van der Waals surface area contributed by atoms with E-state index in [2.05, 4.69) is 10.3 Å². The number of anilines is 1. The predicted molar refractivity (Wildman–Crippen MR) is 82.3 cm³/mol. The third kappa shape index (κ3) is 2.78. The number of benzene rings is 1. The van der Waals surface area contributed by atoms with E-state index in [4.69, 9.17) is 10.5 Å². The Bertz CT molecular complexity index is 657. The fourth-order valence-corrected chi connectivity index (χ4v) is 2.67. The van der Waals surface area contributed by atoms with Gasteiger partial charge in [0.25, 0.3) is 5.91 Å². The van der Waals surface area contributed by atoms with Crippen molar-refractivity contribution in [2.24, 2.45) is 5.73 Å². The fourth-order valence-electron chi connectivity index (χ4n) is 2.67. The minimum atomic E-state index is -0.412. The number of aromatic nitrogens is 1. The Balaban J connectivity index is 1.94. The lowest BCUT2D eigenvalue weighted by molar-refractivity contribution is 0.1000. The van der Waals surface area contributed by atoms with Gasteiger partial charge in [0.2, 0.25) is 0 Å². The van der Waals surface area contributed by atoms with Crippen LogP contribution in [0.2, 0.25) is 0 Å². The van der Waals surface area contributed by atoms with Crippen LogP contribution in [0.4, 0.5) is 5.69 Å². The summed E-state index contributed by atoms with van der Waals surface area (Å²) < 4.78 is 5.40. The molecule has 1 saturated heterocycles. The largest absolute Gasteiger partial charge is 0.379 e. The molecule has 2 heterocycles. The number of nitrogens with one attached hydrogen (secondary N) is 2. The highest BCUT2D eigenvalue weighted by atomic mass is 16.5. The van der Waals surface area contributed by atoms with Gasteiger partial charge in [0.15, 0.2) is 0 Å². The second-order valence-corrected chi connectivity index (χ2v) is 5.34. The van der Waals surface area contributed by atoms with E-state index >= 15 is 0 Å². The Labute approximate surface area is 123 Å². The molecule has 0 saturated carbocycles. The summed E-state index contributed by atoms with van der Waals surface area (Å²) in [4.78, 5) is 14.6. The van der Waals surface area contributed by atoms with Crippen molar-refractivity contribution in [2.75, 3.05) is 18.5 Å². The van der Waals surface area contributed by atoms with Gasteiger partial charge in [-0.25, -0.2) is 0 Å². The zero-order valence-corrected chi connectivity index (χ0v) is 12.0. The molecule has 1 atom stereocenters. The molecule has 2 aromatic rings. The molecule has 0 radical (unpaired) electrons. The fraction of sp³-hybridized carbons (Fsp3) is 0.312. The number of aromatic amines is 1. The van der Waals surface area contributed by atoms with E-state index in [0.29, 0.717) is 11.6 Å². The van der Waals surface area contributed by atoms with Crippen LogP contribution in [0.15, 0.2) is 30.3 Å². The van der Waals surface area contributed by atoms with Crippen molar-refractivity contribution in [3.8, 4) is 11.3 Å². The molecule has 1 aromatic carbocycles. The monoisotopic (exact) mass is 285 g/mol. The lowest BCUT2D eigenvalue weighted by Crippen LogP contribution is -2.19. The van der Waals surface area contributed by atoms with Crippen LogP contribution in [-0.2, 0) is 4.74 Å². The van der Waals surface area contributed by atoms with Crippen molar-refractivity contribution in [1.29, 1.82) is 0 Å². The van der Waals surface area contributed by atoms with Gasteiger partial charge in [0.1, 0.15) is 0 Å². The van der Waals surface area contributed by atoms with Crippen LogP contribution in [0.3, 0.4) is 0 Å². The second-order valence-electron chi connectivity index (χ2n) is 5.34. The van der Waals surface area contributed by atoms with Gasteiger partial charge in [-0.2, -0.15) is 0 Å². The minimum absolute atomic E-state index is 0.331. The molecular formula is C16H19N3O2. The maximum atomic E-state index is 11.4. The highest BCUT2D eigenvalue weighted by Crippen LogP contribution is 2.29. The number of carbonyl (C=O) groups excluding carboxylic acids is 1. The number of amides is 1. The van der Waals surface area contributed by atoms with Gasteiger partial charge in [-0.05, 0) is 25.5 Å². The van der Waals surface area contributed by atoms with Crippen molar-refractivity contribution in [1.82, 2.24) is 4.98 Å². The highest BCUT2D eigenvalue weighted by molar-refractivity contribution is 5.96. The quantitative estimate of drug-likeness (QED) is 0.806. The van der Waals surface area contributed by atoms with Crippen molar-refractivity contribution >= 4 is 11.6 Å². The van der Waals surface area contributed by atoms with E-state index in [1.807, 2.05) is 37.3 Å². The second kappa shape index (κ2) is 5.61. The molecule has 0 spiro atoms. The number of carbonyl (C=O) groups is 1. The van der Waals surface area contributed by atoms with Gasteiger partial charge < -0.3 is 20.8 Å². The first-order chi connectivity index (χ1) is 10.1. The summed E-state index contributed by atoms with van der Waals surface area (Å²) in [6, 6.07) is 10.2. The molecule has 1 fully saturated rings. The normalized spacial score (nSPS) is 17.9. The van der Waals surface area contributed by atoms with Crippen molar-refractivity contribution in [3.63, 3.8) is 0 Å². The smallest absolute Gasteiger partial charge is 0.250 e. The maximum Gasteiger partial charge on any atom is 0.250 e. The maximum absolute atomic E-state index is 11.4. The molecule has 0 aliphatic carbocycles. The van der Waals surface area contributed by atoms with E-state index in [0.717, 1.165) is 42.3 Å². The molecule has 1 aliphatic rings. The molecule has 110 valence electrons. The summed E-state index contributed by atoms with van der Waals surface area (Å²) in [5, 5.41) is 3.50. The molecule has 1 aromatic heterocycles. The third-order valence-corrected chi connectivity index (χ3v) is 3.79. The Morgan fingerprint density at radius 2 is 2.24 bits per heavy atom. The van der Waals surface area contributed by atoms with E-state index in [9.17, 15) is 4.79 Å². The van der Waals surface area contributed by atoms with Crippen LogP contribution in [-0.4, -0.2) is 30.1 Å². The summed E-state index contributed by atoms with van der Waals surface area (Å²) in [6.45, 7) is 3.38. The first-order valence-corrected chi connectivity index (χ1v) is 7.08. The minimum Gasteiger partial charge on any atom is -0.379 e. The number of primary amides is 1. The highest BCUT2D eigenvalue weighted by Gasteiger charge is 2.18. The topological polar surface area (TPSA) is 80.1 Å². The van der Waals surface area contributed by atoms with Gasteiger partial charge in [0, 0.05) is 29.2 Å². The van der Waals surface area contributed by atoms with Gasteiger partial charge in [-0.15, -0.1) is 0 Å². The molecule has 3 rings (SSSR count). The summed E-state index contributed by atoms with van der Waals surface area (Å²) >= 11 is 0. The van der Waals surface area contributed by atoms with Crippen LogP contribution in [0.1, 0.15) is 22.5 Å². The summed E-state index contributed by atoms with van der Waals surface area (Å²) in [6.07, 6.45) is 1.00. The van der Waals surface area contributed by atoms with Crippen LogP contribution < -0.4 is 11.1 Å². The van der Waals surface area contributed by atoms with Crippen molar-refractivity contribution in [2.45, 2.75) is 19.4 Å². The zero-order valence-electron chi connectivity index (χ0n) is 12.0. The molecule has 21 heavy (non-hydrogen) atoms. The average Bonchev–Trinajstić information content (AvgIpc) is 3.09. The number of nitrogens with two attached hydrogens (primary N) is 1. The zero-order chi connectivity index (χ0) is 14.8. The molecule has 0 unspecified atom stereocenters. The Morgan fingerprint density at radius 1 is 1.43 bits per heavy atom. The number of hydrogen-bond donors (Lipinski definition) is 3. The number of aryl methyl sites for hydroxylation is 1. The molecule has 1 aliphatic heterocycles. The summed E-state index contributed by atoms with van der Waals surface area (Å²) in [7, 11) is 0. The Hall–Kier alpha value is -2.27. The Kier molecular flexibility index (Phi) is 3.66. The molecule has 5 nitrogen and oxygen atoms in total. The van der Waals surface area contributed by atoms with Crippen LogP contribution >= 0.6 is 0 Å². The van der Waals surface area contributed by atoms with Gasteiger partial charge in [-0.3, -0.25) is 4.79 Å². The number of para-hydroxylation sites is 1. The number of H-pyrrole nitrogens is 1. The average molecular weight is 285 g/mol. The van der Waals surface area contributed by atoms with E-state index in [1.165, 1.54) is 0 Å². The predicted octanol–water partition coefficient (Wildman–Crippen LogP) is 2.29. The third-order valence-electron chi connectivity index (χ3n) is 3.79. The molecule has 1 amide bonds. The number of hydrogen-bond acceptors (Lipinski definition) is 3. The first kappa shape index (κ1) is 13.7. The molecular weight excluding hydrogens is 266 g/mol. The Morgan fingerprint density at radius 3 is 2.90 bits per heavy atom. The standard InChI is InChI=1S/C16H19N3O2/c1-10-13(16(17)20)8-15(18-10)12-4-2-3-5-14(12)19-11-6-7-21-9-11/h2-5,8,11,18-19H,6-7,9H2,1H3,(H2,17,20)/t11-/m0/s1.